The van der Waals surface area contributed by atoms with Crippen LogP contribution >= 0.6 is 11.3 Å². The van der Waals surface area contributed by atoms with Crippen molar-refractivity contribution < 1.29 is 4.79 Å². The number of nitrogens with zero attached hydrogens (tertiary/aromatic N) is 1. The molecular formula is C13H19N3OS. The highest BCUT2D eigenvalue weighted by Gasteiger charge is 2.34. The molecular weight excluding hydrogens is 246 g/mol. The van der Waals surface area contributed by atoms with Gasteiger partial charge in [-0.2, -0.15) is 0 Å². The Morgan fingerprint density at radius 2 is 2.22 bits per heavy atom. The maximum Gasteiger partial charge on any atom is 0.275 e. The highest BCUT2D eigenvalue weighted by Crippen LogP contribution is 2.36. The lowest BCUT2D eigenvalue weighted by Gasteiger charge is -2.21. The van der Waals surface area contributed by atoms with E-state index in [0.717, 1.165) is 28.9 Å². The Labute approximate surface area is 111 Å². The van der Waals surface area contributed by atoms with E-state index in [-0.39, 0.29) is 5.91 Å². The molecule has 0 saturated heterocycles. The normalized spacial score (nSPS) is 19.2. The van der Waals surface area contributed by atoms with E-state index in [0.29, 0.717) is 0 Å². The lowest BCUT2D eigenvalue weighted by atomic mass is 10.2. The van der Waals surface area contributed by atoms with E-state index in [1.165, 1.54) is 43.6 Å². The summed E-state index contributed by atoms with van der Waals surface area (Å²) in [5, 5.41) is 1.97. The molecule has 2 fully saturated rings. The fourth-order valence-corrected chi connectivity index (χ4v) is 3.18. The number of thiophene rings is 1. The zero-order chi connectivity index (χ0) is 12.5. The molecule has 0 aromatic carbocycles. The van der Waals surface area contributed by atoms with Gasteiger partial charge in [-0.05, 0) is 48.6 Å². The maximum absolute atomic E-state index is 11.7. The molecule has 0 radical (unpaired) electrons. The van der Waals surface area contributed by atoms with Gasteiger partial charge in [0.25, 0.3) is 5.91 Å². The van der Waals surface area contributed by atoms with Gasteiger partial charge in [0.15, 0.2) is 0 Å². The molecule has 4 nitrogen and oxygen atoms in total. The van der Waals surface area contributed by atoms with Gasteiger partial charge >= 0.3 is 0 Å². The number of nitrogen functional groups attached to an aromatic ring is 1. The smallest absolute Gasteiger partial charge is 0.275 e. The van der Waals surface area contributed by atoms with Gasteiger partial charge in [0.05, 0.1) is 4.88 Å². The van der Waals surface area contributed by atoms with Gasteiger partial charge in [0, 0.05) is 19.1 Å². The van der Waals surface area contributed by atoms with Crippen LogP contribution < -0.4 is 11.3 Å². The van der Waals surface area contributed by atoms with Gasteiger partial charge in [0.2, 0.25) is 0 Å². The van der Waals surface area contributed by atoms with Crippen molar-refractivity contribution in [3.8, 4) is 0 Å². The molecule has 1 amide bonds. The summed E-state index contributed by atoms with van der Waals surface area (Å²) in [6, 6.07) is 2.80. The number of amides is 1. The molecule has 1 heterocycles. The molecule has 3 N–H and O–H groups in total. The van der Waals surface area contributed by atoms with Crippen molar-refractivity contribution in [1.29, 1.82) is 0 Å². The second kappa shape index (κ2) is 4.99. The Morgan fingerprint density at radius 3 is 2.83 bits per heavy atom. The highest BCUT2D eigenvalue weighted by atomic mass is 32.1. The first kappa shape index (κ1) is 12.1. The highest BCUT2D eigenvalue weighted by molar-refractivity contribution is 7.12. The molecule has 2 saturated carbocycles. The molecule has 2 aliphatic rings. The third-order valence-electron chi connectivity index (χ3n) is 3.71. The molecule has 1 aromatic heterocycles. The summed E-state index contributed by atoms with van der Waals surface area (Å²) in [6.45, 7) is 2.09. The van der Waals surface area contributed by atoms with Crippen molar-refractivity contribution in [3.05, 3.63) is 21.9 Å². The number of hydrogen-bond donors (Lipinski definition) is 2. The minimum atomic E-state index is -0.165. The van der Waals surface area contributed by atoms with Crippen LogP contribution in [0.15, 0.2) is 11.4 Å². The SMILES string of the molecule is NNC(=O)c1sccc1CN(CC1CC1)C1CC1. The van der Waals surface area contributed by atoms with E-state index >= 15 is 0 Å². The molecule has 5 heteroatoms. The quantitative estimate of drug-likeness (QED) is 0.468. The lowest BCUT2D eigenvalue weighted by Crippen LogP contribution is -2.32. The molecule has 18 heavy (non-hydrogen) atoms. The molecule has 0 unspecified atom stereocenters. The lowest BCUT2D eigenvalue weighted by molar-refractivity contribution is 0.0955. The van der Waals surface area contributed by atoms with Crippen molar-refractivity contribution in [2.75, 3.05) is 6.54 Å². The molecule has 0 atom stereocenters. The summed E-state index contributed by atoms with van der Waals surface area (Å²) in [5.41, 5.74) is 3.35. The van der Waals surface area contributed by atoms with Crippen LogP contribution in [0.2, 0.25) is 0 Å². The van der Waals surface area contributed by atoms with Crippen molar-refractivity contribution in [1.82, 2.24) is 10.3 Å². The molecule has 0 spiro atoms. The van der Waals surface area contributed by atoms with Crippen LogP contribution in [0, 0.1) is 5.92 Å². The monoisotopic (exact) mass is 265 g/mol. The fourth-order valence-electron chi connectivity index (χ4n) is 2.36. The van der Waals surface area contributed by atoms with Crippen LogP contribution in [0.25, 0.3) is 0 Å². The number of carbonyl (C=O) groups is 1. The van der Waals surface area contributed by atoms with Gasteiger partial charge in [-0.25, -0.2) is 5.84 Å². The van der Waals surface area contributed by atoms with Gasteiger partial charge in [-0.3, -0.25) is 15.1 Å². The zero-order valence-corrected chi connectivity index (χ0v) is 11.2. The zero-order valence-electron chi connectivity index (χ0n) is 10.4. The van der Waals surface area contributed by atoms with Crippen LogP contribution in [0.5, 0.6) is 0 Å². The Balaban J connectivity index is 1.69. The summed E-state index contributed by atoms with van der Waals surface area (Å²) in [7, 11) is 0. The van der Waals surface area contributed by atoms with Gasteiger partial charge in [0.1, 0.15) is 0 Å². The standard InChI is InChI=1S/C13H19N3OS/c14-15-13(17)12-10(5-6-18-12)8-16(11-3-4-11)7-9-1-2-9/h5-6,9,11H,1-4,7-8,14H2,(H,15,17). The van der Waals surface area contributed by atoms with Crippen LogP contribution in [0.3, 0.4) is 0 Å². The molecule has 0 aliphatic heterocycles. The minimum Gasteiger partial charge on any atom is -0.296 e. The number of nitrogens with two attached hydrogens (primary N) is 1. The number of hydrazine groups is 1. The van der Waals surface area contributed by atoms with Crippen LogP contribution in [0.4, 0.5) is 0 Å². The third-order valence-corrected chi connectivity index (χ3v) is 4.67. The van der Waals surface area contributed by atoms with E-state index in [9.17, 15) is 4.79 Å². The Hall–Kier alpha value is -0.910. The Morgan fingerprint density at radius 1 is 1.44 bits per heavy atom. The second-order valence-electron chi connectivity index (χ2n) is 5.35. The summed E-state index contributed by atoms with van der Waals surface area (Å²) in [6.07, 6.45) is 5.39. The minimum absolute atomic E-state index is 0.165. The first-order chi connectivity index (χ1) is 8.78. The van der Waals surface area contributed by atoms with Crippen molar-refractivity contribution in [2.45, 2.75) is 38.3 Å². The van der Waals surface area contributed by atoms with E-state index in [4.69, 9.17) is 5.84 Å². The summed E-state index contributed by atoms with van der Waals surface area (Å²) >= 11 is 1.47. The Bertz CT molecular complexity index is 437. The second-order valence-corrected chi connectivity index (χ2v) is 6.27. The van der Waals surface area contributed by atoms with E-state index in [1.807, 2.05) is 5.38 Å². The number of hydrogen-bond acceptors (Lipinski definition) is 4. The number of rotatable bonds is 6. The third kappa shape index (κ3) is 2.74. The topological polar surface area (TPSA) is 58.4 Å². The first-order valence-corrected chi connectivity index (χ1v) is 7.47. The molecule has 0 bridgehead atoms. The fraction of sp³-hybridized carbons (Fsp3) is 0.615. The van der Waals surface area contributed by atoms with Crippen molar-refractivity contribution in [3.63, 3.8) is 0 Å². The summed E-state index contributed by atoms with van der Waals surface area (Å²) < 4.78 is 0. The van der Waals surface area contributed by atoms with E-state index in [2.05, 4.69) is 16.4 Å². The molecule has 2 aliphatic carbocycles. The Kier molecular flexibility index (Phi) is 3.37. The maximum atomic E-state index is 11.7. The van der Waals surface area contributed by atoms with Crippen LogP contribution in [-0.4, -0.2) is 23.4 Å². The molecule has 3 rings (SSSR count). The molecule has 1 aromatic rings. The summed E-state index contributed by atoms with van der Waals surface area (Å²) in [4.78, 5) is 15.0. The van der Waals surface area contributed by atoms with Gasteiger partial charge in [-0.1, -0.05) is 0 Å². The van der Waals surface area contributed by atoms with E-state index in [1.54, 1.807) is 0 Å². The number of nitrogens with one attached hydrogen (secondary N) is 1. The van der Waals surface area contributed by atoms with Crippen molar-refractivity contribution >= 4 is 17.2 Å². The summed E-state index contributed by atoms with van der Waals surface area (Å²) in [5.74, 6) is 5.95. The van der Waals surface area contributed by atoms with Crippen LogP contribution in [-0.2, 0) is 6.54 Å². The van der Waals surface area contributed by atoms with Gasteiger partial charge in [-0.15, -0.1) is 11.3 Å². The van der Waals surface area contributed by atoms with Gasteiger partial charge < -0.3 is 0 Å². The van der Waals surface area contributed by atoms with Crippen molar-refractivity contribution in [2.24, 2.45) is 11.8 Å². The van der Waals surface area contributed by atoms with Crippen LogP contribution in [0.1, 0.15) is 40.9 Å². The predicted octanol–water partition coefficient (Wildman–Crippen LogP) is 1.73. The average Bonchev–Trinajstić information content (AvgIpc) is 3.27. The first-order valence-electron chi connectivity index (χ1n) is 6.59. The predicted molar refractivity (Wildman–Crippen MR) is 72.1 cm³/mol. The average molecular weight is 265 g/mol. The molecule has 98 valence electrons. The largest absolute Gasteiger partial charge is 0.296 e. The van der Waals surface area contributed by atoms with E-state index < -0.39 is 0 Å². The number of carbonyl (C=O) groups excluding carboxylic acids is 1.